The van der Waals surface area contributed by atoms with Gasteiger partial charge in [-0.1, -0.05) is 29.8 Å². The zero-order valence-electron chi connectivity index (χ0n) is 14.3. The number of nitrogens with zero attached hydrogens (tertiary/aromatic N) is 3. The fraction of sp³-hybridized carbons (Fsp3) is 0.350. The average Bonchev–Trinajstić information content (AvgIpc) is 3.15. The van der Waals surface area contributed by atoms with E-state index in [2.05, 4.69) is 4.98 Å². The number of aryl methyl sites for hydroxylation is 1. The Kier molecular flexibility index (Phi) is 3.99. The normalized spacial score (nSPS) is 22.4. The molecule has 3 heterocycles. The Morgan fingerprint density at radius 3 is 2.72 bits per heavy atom. The second kappa shape index (κ2) is 6.31. The molecule has 2 saturated heterocycles. The molecule has 2 aromatic rings. The Hall–Kier alpha value is -2.69. The first-order chi connectivity index (χ1) is 12.1. The molecule has 0 radical (unpaired) electrons. The lowest BCUT2D eigenvalue weighted by Crippen LogP contribution is -2.40. The molecule has 2 atom stereocenters. The summed E-state index contributed by atoms with van der Waals surface area (Å²) in [7, 11) is 0. The van der Waals surface area contributed by atoms with Crippen LogP contribution in [0.5, 0.6) is 0 Å². The fourth-order valence-electron chi connectivity index (χ4n) is 3.97. The number of carbonyl (C=O) groups is 2. The zero-order chi connectivity index (χ0) is 17.4. The van der Waals surface area contributed by atoms with Gasteiger partial charge in [0, 0.05) is 19.2 Å². The number of rotatable bonds is 3. The van der Waals surface area contributed by atoms with E-state index < -0.39 is 0 Å². The highest BCUT2D eigenvalue weighted by Gasteiger charge is 2.48. The highest BCUT2D eigenvalue weighted by atomic mass is 16.2. The topological polar surface area (TPSA) is 53.5 Å². The molecule has 4 rings (SSSR count). The second-order valence-corrected chi connectivity index (χ2v) is 6.85. The third-order valence-electron chi connectivity index (χ3n) is 5.21. The Morgan fingerprint density at radius 2 is 2.00 bits per heavy atom. The van der Waals surface area contributed by atoms with Gasteiger partial charge in [-0.3, -0.25) is 14.6 Å². The predicted octanol–water partition coefficient (Wildman–Crippen LogP) is 2.34. The molecule has 5 heteroatoms. The maximum absolute atomic E-state index is 12.8. The summed E-state index contributed by atoms with van der Waals surface area (Å²) in [5, 5.41) is 0. The molecular weight excluding hydrogens is 314 g/mol. The molecule has 128 valence electrons. The molecule has 5 nitrogen and oxygen atoms in total. The molecule has 0 unspecified atom stereocenters. The molecule has 0 spiro atoms. The Bertz CT molecular complexity index is 788. The van der Waals surface area contributed by atoms with Crippen molar-refractivity contribution in [1.29, 1.82) is 0 Å². The van der Waals surface area contributed by atoms with E-state index in [0.29, 0.717) is 19.4 Å². The number of aromatic nitrogens is 1. The van der Waals surface area contributed by atoms with Crippen LogP contribution in [0.1, 0.15) is 24.0 Å². The van der Waals surface area contributed by atoms with E-state index in [1.807, 2.05) is 53.1 Å². The van der Waals surface area contributed by atoms with Gasteiger partial charge in [0.05, 0.1) is 30.4 Å². The molecule has 2 amide bonds. The van der Waals surface area contributed by atoms with Gasteiger partial charge in [0.15, 0.2) is 0 Å². The lowest BCUT2D eigenvalue weighted by Gasteiger charge is -2.25. The van der Waals surface area contributed by atoms with Crippen molar-refractivity contribution in [1.82, 2.24) is 9.88 Å². The highest BCUT2D eigenvalue weighted by Crippen LogP contribution is 2.35. The van der Waals surface area contributed by atoms with Gasteiger partial charge in [-0.2, -0.15) is 0 Å². The van der Waals surface area contributed by atoms with Crippen molar-refractivity contribution in [3.63, 3.8) is 0 Å². The van der Waals surface area contributed by atoms with Crippen LogP contribution in [0.15, 0.2) is 48.8 Å². The van der Waals surface area contributed by atoms with Gasteiger partial charge in [-0.05, 0) is 31.0 Å². The van der Waals surface area contributed by atoms with Crippen molar-refractivity contribution < 1.29 is 9.59 Å². The van der Waals surface area contributed by atoms with Gasteiger partial charge in [0.25, 0.3) is 0 Å². The quantitative estimate of drug-likeness (QED) is 0.865. The van der Waals surface area contributed by atoms with E-state index in [-0.39, 0.29) is 23.9 Å². The minimum absolute atomic E-state index is 0.0225. The number of amides is 2. The first-order valence-corrected chi connectivity index (χ1v) is 8.70. The molecule has 0 bridgehead atoms. The van der Waals surface area contributed by atoms with Crippen LogP contribution in [0, 0.1) is 6.92 Å². The summed E-state index contributed by atoms with van der Waals surface area (Å²) >= 11 is 0. The minimum atomic E-state index is -0.0225. The van der Waals surface area contributed by atoms with Gasteiger partial charge in [0.1, 0.15) is 0 Å². The van der Waals surface area contributed by atoms with Crippen LogP contribution < -0.4 is 4.90 Å². The summed E-state index contributed by atoms with van der Waals surface area (Å²) < 4.78 is 0. The molecule has 0 N–H and O–H groups in total. The number of likely N-dealkylation sites (tertiary alicyclic amines) is 1. The third-order valence-corrected chi connectivity index (χ3v) is 5.21. The van der Waals surface area contributed by atoms with E-state index in [1.165, 1.54) is 5.56 Å². The predicted molar refractivity (Wildman–Crippen MR) is 95.1 cm³/mol. The molecular formula is C20H21N3O2. The first kappa shape index (κ1) is 15.8. The van der Waals surface area contributed by atoms with Crippen LogP contribution in [-0.2, 0) is 16.0 Å². The Morgan fingerprint density at radius 1 is 1.20 bits per heavy atom. The molecule has 2 fully saturated rings. The van der Waals surface area contributed by atoms with Crippen LogP contribution in [0.4, 0.5) is 5.69 Å². The molecule has 0 saturated carbocycles. The Balaban J connectivity index is 1.50. The number of hydrogen-bond donors (Lipinski definition) is 0. The largest absolute Gasteiger partial charge is 0.337 e. The van der Waals surface area contributed by atoms with Crippen molar-refractivity contribution >= 4 is 17.5 Å². The summed E-state index contributed by atoms with van der Waals surface area (Å²) in [6.45, 7) is 2.75. The van der Waals surface area contributed by atoms with Crippen molar-refractivity contribution in [2.45, 2.75) is 38.3 Å². The molecule has 25 heavy (non-hydrogen) atoms. The van der Waals surface area contributed by atoms with Crippen LogP contribution in [0.2, 0.25) is 0 Å². The van der Waals surface area contributed by atoms with Crippen molar-refractivity contribution in [2.75, 3.05) is 11.4 Å². The number of anilines is 1. The summed E-state index contributed by atoms with van der Waals surface area (Å²) in [4.78, 5) is 33.1. The molecule has 0 aliphatic carbocycles. The van der Waals surface area contributed by atoms with Gasteiger partial charge in [-0.25, -0.2) is 0 Å². The summed E-state index contributed by atoms with van der Waals surface area (Å²) in [6, 6.07) is 11.8. The van der Waals surface area contributed by atoms with Crippen LogP contribution in [0.25, 0.3) is 0 Å². The van der Waals surface area contributed by atoms with Crippen molar-refractivity contribution in [2.24, 2.45) is 0 Å². The standard InChI is InChI=1S/C20H21N3O2/c1-14-4-6-15(7-5-14)11-19(24)22-10-8-17-18(22)12-20(25)23(17)16-3-2-9-21-13-16/h2-7,9,13,17-18H,8,10-12H2,1H3/t17-,18+/m1/s1. The molecule has 1 aromatic heterocycles. The average molecular weight is 335 g/mol. The summed E-state index contributed by atoms with van der Waals surface area (Å²) in [5.41, 5.74) is 3.03. The molecule has 2 aliphatic rings. The highest BCUT2D eigenvalue weighted by molar-refractivity contribution is 5.98. The maximum atomic E-state index is 12.8. The van der Waals surface area contributed by atoms with Gasteiger partial charge in [0.2, 0.25) is 11.8 Å². The number of fused-ring (bicyclic) bond motifs is 1. The van der Waals surface area contributed by atoms with Crippen molar-refractivity contribution in [3.05, 3.63) is 59.9 Å². The lowest BCUT2D eigenvalue weighted by atomic mass is 10.1. The smallest absolute Gasteiger partial charge is 0.229 e. The second-order valence-electron chi connectivity index (χ2n) is 6.85. The number of carbonyl (C=O) groups excluding carboxylic acids is 2. The summed E-state index contributed by atoms with van der Waals surface area (Å²) in [5.74, 6) is 0.188. The van der Waals surface area contributed by atoms with Crippen LogP contribution in [0.3, 0.4) is 0 Å². The van der Waals surface area contributed by atoms with E-state index in [1.54, 1.807) is 12.4 Å². The zero-order valence-corrected chi connectivity index (χ0v) is 14.3. The van der Waals surface area contributed by atoms with Gasteiger partial charge in [-0.15, -0.1) is 0 Å². The maximum Gasteiger partial charge on any atom is 0.229 e. The van der Waals surface area contributed by atoms with Crippen LogP contribution >= 0.6 is 0 Å². The number of benzene rings is 1. The molecule has 2 aliphatic heterocycles. The monoisotopic (exact) mass is 335 g/mol. The van der Waals surface area contributed by atoms with Gasteiger partial charge >= 0.3 is 0 Å². The van der Waals surface area contributed by atoms with Crippen LogP contribution in [-0.4, -0.2) is 40.3 Å². The van der Waals surface area contributed by atoms with E-state index in [0.717, 1.165) is 17.7 Å². The fourth-order valence-corrected chi connectivity index (χ4v) is 3.97. The summed E-state index contributed by atoms with van der Waals surface area (Å²) in [6.07, 6.45) is 5.04. The molecule has 1 aromatic carbocycles. The first-order valence-electron chi connectivity index (χ1n) is 8.70. The third kappa shape index (κ3) is 2.90. The van der Waals surface area contributed by atoms with Gasteiger partial charge < -0.3 is 9.80 Å². The van der Waals surface area contributed by atoms with E-state index >= 15 is 0 Å². The van der Waals surface area contributed by atoms with E-state index in [4.69, 9.17) is 0 Å². The van der Waals surface area contributed by atoms with E-state index in [9.17, 15) is 9.59 Å². The minimum Gasteiger partial charge on any atom is -0.337 e. The number of hydrogen-bond acceptors (Lipinski definition) is 3. The Labute approximate surface area is 147 Å². The number of pyridine rings is 1. The lowest BCUT2D eigenvalue weighted by molar-refractivity contribution is -0.131. The SMILES string of the molecule is Cc1ccc(CC(=O)N2CC[C@@H]3[C@@H]2CC(=O)N3c2cccnc2)cc1. The van der Waals surface area contributed by atoms with Crippen molar-refractivity contribution in [3.8, 4) is 0 Å².